The highest BCUT2D eigenvalue weighted by molar-refractivity contribution is 5.69. The Hall–Kier alpha value is -2.29. The van der Waals surface area contributed by atoms with Gasteiger partial charge in [-0.3, -0.25) is 4.90 Å². The molecule has 2 rings (SSSR count). The van der Waals surface area contributed by atoms with Gasteiger partial charge >= 0.3 is 6.09 Å². The molecule has 128 valence electrons. The molecule has 0 aromatic heterocycles. The molecule has 1 amide bonds. The van der Waals surface area contributed by atoms with Crippen molar-refractivity contribution >= 4 is 6.09 Å². The molecule has 0 aliphatic rings. The normalized spacial score (nSPS) is 12.5. The molecule has 3 heteroatoms. The molecule has 1 unspecified atom stereocenters. The van der Waals surface area contributed by atoms with Gasteiger partial charge in [0, 0.05) is 6.54 Å². The van der Waals surface area contributed by atoms with E-state index in [2.05, 4.69) is 19.1 Å². The van der Waals surface area contributed by atoms with Crippen LogP contribution in [0.25, 0.3) is 0 Å². The van der Waals surface area contributed by atoms with Crippen LogP contribution in [0.2, 0.25) is 0 Å². The molecule has 0 aliphatic carbocycles. The smallest absolute Gasteiger partial charge is 0.411 e. The third kappa shape index (κ3) is 5.12. The lowest BCUT2D eigenvalue weighted by Crippen LogP contribution is -2.38. The number of carbonyl (C=O) groups is 1. The summed E-state index contributed by atoms with van der Waals surface area (Å²) in [5, 5.41) is 0. The quantitative estimate of drug-likeness (QED) is 0.718. The van der Waals surface area contributed by atoms with Crippen LogP contribution in [0.1, 0.15) is 51.3 Å². The van der Waals surface area contributed by atoms with Gasteiger partial charge in [0.2, 0.25) is 0 Å². The molecular formula is C21H27NO2. The van der Waals surface area contributed by atoms with Crippen LogP contribution in [0.3, 0.4) is 0 Å². The van der Waals surface area contributed by atoms with Crippen LogP contribution in [-0.2, 0) is 11.3 Å². The maximum Gasteiger partial charge on any atom is 0.411 e. The summed E-state index contributed by atoms with van der Waals surface area (Å²) in [6.45, 7) is 8.32. The summed E-state index contributed by atoms with van der Waals surface area (Å²) in [4.78, 5) is 14.7. The average Bonchev–Trinajstić information content (AvgIpc) is 2.55. The van der Waals surface area contributed by atoms with E-state index in [9.17, 15) is 4.79 Å². The molecule has 0 heterocycles. The van der Waals surface area contributed by atoms with E-state index in [1.165, 1.54) is 0 Å². The van der Waals surface area contributed by atoms with E-state index in [1.54, 1.807) is 0 Å². The summed E-state index contributed by atoms with van der Waals surface area (Å²) in [5.41, 5.74) is 1.71. The molecule has 0 saturated heterocycles. The number of hydrogen-bond acceptors (Lipinski definition) is 2. The van der Waals surface area contributed by atoms with E-state index >= 15 is 0 Å². The number of amides is 1. The molecule has 0 saturated carbocycles. The molecule has 0 radical (unpaired) electrons. The third-order valence-corrected chi connectivity index (χ3v) is 3.77. The van der Waals surface area contributed by atoms with E-state index in [0.717, 1.165) is 17.5 Å². The van der Waals surface area contributed by atoms with Crippen molar-refractivity contribution in [3.8, 4) is 0 Å². The largest absolute Gasteiger partial charge is 0.444 e. The second kappa shape index (κ2) is 8.00. The molecule has 1 atom stereocenters. The van der Waals surface area contributed by atoms with Crippen LogP contribution in [0.4, 0.5) is 4.79 Å². The number of rotatable bonds is 5. The highest BCUT2D eigenvalue weighted by Gasteiger charge is 2.28. The minimum absolute atomic E-state index is 0.0127. The second-order valence-electron chi connectivity index (χ2n) is 6.93. The Morgan fingerprint density at radius 2 is 1.54 bits per heavy atom. The Balaban J connectivity index is 2.31. The summed E-state index contributed by atoms with van der Waals surface area (Å²) in [6, 6.07) is 20.2. The van der Waals surface area contributed by atoms with Crippen LogP contribution < -0.4 is 0 Å². The standard InChI is InChI=1S/C21H27NO2/c1-5-19(18-14-10-7-11-15-18)22(20(23)24-21(2,3)4)16-17-12-8-6-9-13-17/h6-15,19H,5,16H2,1-4H3. The van der Waals surface area contributed by atoms with Gasteiger partial charge in [0.15, 0.2) is 0 Å². The first kappa shape index (κ1) is 18.1. The van der Waals surface area contributed by atoms with Gasteiger partial charge in [-0.15, -0.1) is 0 Å². The fraction of sp³-hybridized carbons (Fsp3) is 0.381. The van der Waals surface area contributed by atoms with Gasteiger partial charge in [0.05, 0.1) is 6.04 Å². The van der Waals surface area contributed by atoms with Gasteiger partial charge in [-0.1, -0.05) is 67.6 Å². The van der Waals surface area contributed by atoms with Crippen LogP contribution >= 0.6 is 0 Å². The summed E-state index contributed by atoms with van der Waals surface area (Å²) < 4.78 is 5.66. The minimum Gasteiger partial charge on any atom is -0.444 e. The Kier molecular flexibility index (Phi) is 6.02. The van der Waals surface area contributed by atoms with Crippen molar-refractivity contribution < 1.29 is 9.53 Å². The van der Waals surface area contributed by atoms with Gasteiger partial charge in [-0.2, -0.15) is 0 Å². The van der Waals surface area contributed by atoms with E-state index in [0.29, 0.717) is 6.54 Å². The van der Waals surface area contributed by atoms with Crippen molar-refractivity contribution in [3.05, 3.63) is 71.8 Å². The molecule has 0 aliphatic heterocycles. The molecule has 0 bridgehead atoms. The predicted molar refractivity (Wildman–Crippen MR) is 97.7 cm³/mol. The lowest BCUT2D eigenvalue weighted by atomic mass is 10.0. The van der Waals surface area contributed by atoms with E-state index in [1.807, 2.05) is 74.2 Å². The first-order chi connectivity index (χ1) is 11.4. The van der Waals surface area contributed by atoms with E-state index in [4.69, 9.17) is 4.74 Å². The molecule has 0 spiro atoms. The fourth-order valence-electron chi connectivity index (χ4n) is 2.71. The van der Waals surface area contributed by atoms with Crippen molar-refractivity contribution in [1.29, 1.82) is 0 Å². The monoisotopic (exact) mass is 325 g/mol. The van der Waals surface area contributed by atoms with Crippen molar-refractivity contribution in [1.82, 2.24) is 4.90 Å². The van der Waals surface area contributed by atoms with Crippen molar-refractivity contribution in [2.24, 2.45) is 0 Å². The highest BCUT2D eigenvalue weighted by atomic mass is 16.6. The first-order valence-corrected chi connectivity index (χ1v) is 8.49. The number of ether oxygens (including phenoxy) is 1. The SMILES string of the molecule is CCC(c1ccccc1)N(Cc1ccccc1)C(=O)OC(C)(C)C. The van der Waals surface area contributed by atoms with Crippen LogP contribution in [0.15, 0.2) is 60.7 Å². The van der Waals surface area contributed by atoms with Gasteiger partial charge in [-0.05, 0) is 38.3 Å². The number of carbonyl (C=O) groups excluding carboxylic acids is 1. The average molecular weight is 325 g/mol. The lowest BCUT2D eigenvalue weighted by molar-refractivity contribution is 0.0131. The molecule has 3 nitrogen and oxygen atoms in total. The Morgan fingerprint density at radius 1 is 1.00 bits per heavy atom. The molecule has 0 N–H and O–H groups in total. The number of hydrogen-bond donors (Lipinski definition) is 0. The molecule has 2 aromatic rings. The van der Waals surface area contributed by atoms with Crippen LogP contribution in [-0.4, -0.2) is 16.6 Å². The van der Waals surface area contributed by atoms with Gasteiger partial charge in [-0.25, -0.2) is 4.79 Å². The molecule has 2 aromatic carbocycles. The Bertz CT molecular complexity index is 632. The van der Waals surface area contributed by atoms with E-state index in [-0.39, 0.29) is 12.1 Å². The highest BCUT2D eigenvalue weighted by Crippen LogP contribution is 2.28. The molecule has 24 heavy (non-hydrogen) atoms. The summed E-state index contributed by atoms with van der Waals surface area (Å²) in [5.74, 6) is 0. The van der Waals surface area contributed by atoms with Crippen molar-refractivity contribution in [2.45, 2.75) is 52.3 Å². The third-order valence-electron chi connectivity index (χ3n) is 3.77. The van der Waals surface area contributed by atoms with Crippen molar-refractivity contribution in [3.63, 3.8) is 0 Å². The second-order valence-corrected chi connectivity index (χ2v) is 6.93. The van der Waals surface area contributed by atoms with E-state index < -0.39 is 5.60 Å². The summed E-state index contributed by atoms with van der Waals surface area (Å²) in [6.07, 6.45) is 0.554. The van der Waals surface area contributed by atoms with Crippen LogP contribution in [0, 0.1) is 0 Å². The first-order valence-electron chi connectivity index (χ1n) is 8.49. The van der Waals surface area contributed by atoms with Gasteiger partial charge < -0.3 is 4.74 Å². The van der Waals surface area contributed by atoms with Crippen molar-refractivity contribution in [2.75, 3.05) is 0 Å². The topological polar surface area (TPSA) is 29.5 Å². The zero-order chi connectivity index (χ0) is 17.6. The lowest BCUT2D eigenvalue weighted by Gasteiger charge is -2.33. The maximum atomic E-state index is 12.8. The molecular weight excluding hydrogens is 298 g/mol. The fourth-order valence-corrected chi connectivity index (χ4v) is 2.71. The maximum absolute atomic E-state index is 12.8. The number of benzene rings is 2. The molecule has 0 fully saturated rings. The Labute approximate surface area is 145 Å². The number of nitrogens with zero attached hydrogens (tertiary/aromatic N) is 1. The van der Waals surface area contributed by atoms with Crippen LogP contribution in [0.5, 0.6) is 0 Å². The van der Waals surface area contributed by atoms with Gasteiger partial charge in [0.1, 0.15) is 5.60 Å². The Morgan fingerprint density at radius 3 is 2.04 bits per heavy atom. The zero-order valence-electron chi connectivity index (χ0n) is 15.0. The minimum atomic E-state index is -0.513. The van der Waals surface area contributed by atoms with Gasteiger partial charge in [0.25, 0.3) is 0 Å². The zero-order valence-corrected chi connectivity index (χ0v) is 15.0. The summed E-state index contributed by atoms with van der Waals surface area (Å²) in [7, 11) is 0. The predicted octanol–water partition coefficient (Wildman–Crippen LogP) is 5.58. The summed E-state index contributed by atoms with van der Waals surface area (Å²) >= 11 is 0.